The molecule has 1 N–H and O–H groups in total. The molecule has 0 amide bonds. The van der Waals surface area contributed by atoms with Crippen LogP contribution in [0.25, 0.3) is 0 Å². The van der Waals surface area contributed by atoms with E-state index < -0.39 is 38.2 Å². The van der Waals surface area contributed by atoms with Crippen LogP contribution in [0.5, 0.6) is 0 Å². The Hall–Kier alpha value is -2.25. The molecule has 1 aliphatic carbocycles. The summed E-state index contributed by atoms with van der Waals surface area (Å²) in [5.74, 6) is -2.70. The highest BCUT2D eigenvalue weighted by atomic mass is 32.2. The summed E-state index contributed by atoms with van der Waals surface area (Å²) in [4.78, 5) is 12.0. The zero-order chi connectivity index (χ0) is 18.2. The number of ether oxygens (including phenoxy) is 1. The van der Waals surface area contributed by atoms with E-state index in [4.69, 9.17) is 4.74 Å². The number of carbonyl (C=O) groups is 1. The molecule has 1 aliphatic rings. The summed E-state index contributed by atoms with van der Waals surface area (Å²) >= 11 is 0. The Morgan fingerprint density at radius 1 is 1.20 bits per heavy atom. The number of sulfone groups is 1. The van der Waals surface area contributed by atoms with Gasteiger partial charge in [-0.05, 0) is 29.8 Å². The van der Waals surface area contributed by atoms with Crippen molar-refractivity contribution in [1.82, 2.24) is 0 Å². The first kappa shape index (κ1) is 17.6. The molecule has 0 unspecified atom stereocenters. The number of carboxylic acids is 1. The van der Waals surface area contributed by atoms with Crippen LogP contribution in [0, 0.1) is 11.2 Å². The van der Waals surface area contributed by atoms with E-state index in [-0.39, 0.29) is 11.5 Å². The number of carboxylic acid groups (broad SMARTS) is 1. The molecular weight excluding hydrogens is 347 g/mol. The van der Waals surface area contributed by atoms with Gasteiger partial charge >= 0.3 is 5.97 Å². The Kier molecular flexibility index (Phi) is 4.38. The van der Waals surface area contributed by atoms with Gasteiger partial charge in [-0.15, -0.1) is 0 Å². The predicted molar refractivity (Wildman–Crippen MR) is 88.5 cm³/mol. The van der Waals surface area contributed by atoms with Gasteiger partial charge < -0.3 is 9.84 Å². The van der Waals surface area contributed by atoms with Crippen molar-refractivity contribution >= 4 is 15.8 Å². The number of hydrogen-bond donors (Lipinski definition) is 1. The molecule has 3 rings (SSSR count). The fourth-order valence-corrected chi connectivity index (χ4v) is 5.90. The van der Waals surface area contributed by atoms with Crippen molar-refractivity contribution in [2.24, 2.45) is 5.41 Å². The van der Waals surface area contributed by atoms with Crippen LogP contribution < -0.4 is 0 Å². The van der Waals surface area contributed by atoms with Crippen LogP contribution in [0.1, 0.15) is 11.5 Å². The maximum atomic E-state index is 13.6. The highest BCUT2D eigenvalue weighted by molar-refractivity contribution is 7.92. The topological polar surface area (TPSA) is 80.7 Å². The Morgan fingerprint density at radius 2 is 1.88 bits per heavy atom. The first-order valence-electron chi connectivity index (χ1n) is 7.62. The fourth-order valence-electron chi connectivity index (χ4n) is 3.52. The first-order chi connectivity index (χ1) is 11.9. The number of halogens is 1. The van der Waals surface area contributed by atoms with Crippen LogP contribution >= 0.6 is 0 Å². The van der Waals surface area contributed by atoms with Crippen molar-refractivity contribution in [1.29, 1.82) is 0 Å². The van der Waals surface area contributed by atoms with Crippen molar-refractivity contribution in [2.75, 3.05) is 13.7 Å². The van der Waals surface area contributed by atoms with Crippen molar-refractivity contribution in [2.45, 2.75) is 16.1 Å². The van der Waals surface area contributed by atoms with Gasteiger partial charge in [0.25, 0.3) is 0 Å². The zero-order valence-corrected chi connectivity index (χ0v) is 14.2. The Balaban J connectivity index is 2.14. The second kappa shape index (κ2) is 6.24. The predicted octanol–water partition coefficient (Wildman–Crippen LogP) is 2.48. The van der Waals surface area contributed by atoms with Gasteiger partial charge in [-0.25, -0.2) is 12.8 Å². The molecule has 7 heteroatoms. The molecular formula is C18H17FO5S. The SMILES string of the molecule is COC[C@]1(C(=O)O)[C@H](c2cccc(F)c2)[C@@H]1S(=O)(=O)c1ccccc1. The van der Waals surface area contributed by atoms with Crippen molar-refractivity contribution in [3.05, 3.63) is 66.0 Å². The van der Waals surface area contributed by atoms with E-state index >= 15 is 0 Å². The molecule has 3 atom stereocenters. The normalized spacial score (nSPS) is 25.5. The minimum absolute atomic E-state index is 0.0423. The van der Waals surface area contributed by atoms with Crippen molar-refractivity contribution < 1.29 is 27.4 Å². The molecule has 5 nitrogen and oxygen atoms in total. The molecule has 1 fully saturated rings. The van der Waals surface area contributed by atoms with E-state index in [1.165, 1.54) is 37.4 Å². The van der Waals surface area contributed by atoms with E-state index in [9.17, 15) is 22.7 Å². The average molecular weight is 364 g/mol. The van der Waals surface area contributed by atoms with Gasteiger partial charge in [-0.1, -0.05) is 30.3 Å². The molecule has 0 saturated heterocycles. The molecule has 0 heterocycles. The molecule has 0 aliphatic heterocycles. The molecule has 1 saturated carbocycles. The van der Waals surface area contributed by atoms with Gasteiger partial charge in [0.2, 0.25) is 0 Å². The molecule has 0 aromatic heterocycles. The first-order valence-corrected chi connectivity index (χ1v) is 9.17. The third-order valence-electron chi connectivity index (χ3n) is 4.65. The fraction of sp³-hybridized carbons (Fsp3) is 0.278. The minimum atomic E-state index is -3.93. The Bertz CT molecular complexity index is 897. The van der Waals surface area contributed by atoms with Crippen molar-refractivity contribution in [3.63, 3.8) is 0 Å². The quantitative estimate of drug-likeness (QED) is 0.852. The molecule has 0 bridgehead atoms. The molecule has 132 valence electrons. The smallest absolute Gasteiger partial charge is 0.314 e. The van der Waals surface area contributed by atoms with E-state index in [0.29, 0.717) is 5.56 Å². The van der Waals surface area contributed by atoms with Crippen LogP contribution in [0.3, 0.4) is 0 Å². The number of methoxy groups -OCH3 is 1. The highest BCUT2D eigenvalue weighted by Gasteiger charge is 2.76. The lowest BCUT2D eigenvalue weighted by Gasteiger charge is -2.12. The van der Waals surface area contributed by atoms with Crippen LogP contribution in [-0.4, -0.2) is 38.5 Å². The molecule has 25 heavy (non-hydrogen) atoms. The van der Waals surface area contributed by atoms with Crippen LogP contribution in [0.2, 0.25) is 0 Å². The summed E-state index contributed by atoms with van der Waals surface area (Å²) < 4.78 is 44.7. The number of hydrogen-bond acceptors (Lipinski definition) is 4. The summed E-state index contributed by atoms with van der Waals surface area (Å²) in [6.45, 7) is -0.278. The van der Waals surface area contributed by atoms with E-state index in [1.54, 1.807) is 24.3 Å². The third kappa shape index (κ3) is 2.73. The maximum absolute atomic E-state index is 13.6. The van der Waals surface area contributed by atoms with Gasteiger partial charge in [0, 0.05) is 13.0 Å². The van der Waals surface area contributed by atoms with Gasteiger partial charge in [0.1, 0.15) is 11.2 Å². The Morgan fingerprint density at radius 3 is 2.44 bits per heavy atom. The van der Waals surface area contributed by atoms with Crippen LogP contribution in [0.4, 0.5) is 4.39 Å². The summed E-state index contributed by atoms with van der Waals surface area (Å²) in [5.41, 5.74) is -1.30. The third-order valence-corrected chi connectivity index (χ3v) is 6.94. The summed E-state index contributed by atoms with van der Waals surface area (Å²) in [7, 11) is -2.62. The number of aliphatic carboxylic acids is 1. The zero-order valence-electron chi connectivity index (χ0n) is 13.4. The second-order valence-electron chi connectivity index (χ2n) is 6.09. The van der Waals surface area contributed by atoms with E-state index in [1.807, 2.05) is 0 Å². The minimum Gasteiger partial charge on any atom is -0.481 e. The largest absolute Gasteiger partial charge is 0.481 e. The van der Waals surface area contributed by atoms with Crippen LogP contribution in [-0.2, 0) is 19.4 Å². The lowest BCUT2D eigenvalue weighted by atomic mass is 10.00. The summed E-state index contributed by atoms with van der Waals surface area (Å²) in [6.07, 6.45) is 0. The highest BCUT2D eigenvalue weighted by Crippen LogP contribution is 2.64. The monoisotopic (exact) mass is 364 g/mol. The summed E-state index contributed by atoms with van der Waals surface area (Å²) in [5, 5.41) is 8.56. The number of benzene rings is 2. The van der Waals surface area contributed by atoms with Gasteiger partial charge in [-0.2, -0.15) is 0 Å². The van der Waals surface area contributed by atoms with Gasteiger partial charge in [-0.3, -0.25) is 4.79 Å². The molecule has 2 aromatic carbocycles. The van der Waals surface area contributed by atoms with Gasteiger partial charge in [0.05, 0.1) is 16.8 Å². The Labute approximate surface area is 145 Å². The standard InChI is InChI=1S/C18H17FO5S/c1-24-11-18(17(20)21)15(12-6-5-7-13(19)10-12)16(18)25(22,23)14-8-3-2-4-9-14/h2-10,15-16H,11H2,1H3,(H,20,21)/t15-,16+,18+/m1/s1. The van der Waals surface area contributed by atoms with Gasteiger partial charge in [0.15, 0.2) is 9.84 Å². The molecule has 0 radical (unpaired) electrons. The molecule has 0 spiro atoms. The second-order valence-corrected chi connectivity index (χ2v) is 8.16. The van der Waals surface area contributed by atoms with Crippen LogP contribution in [0.15, 0.2) is 59.5 Å². The molecule has 2 aromatic rings. The lowest BCUT2D eigenvalue weighted by molar-refractivity contribution is -0.145. The van der Waals surface area contributed by atoms with Crippen molar-refractivity contribution in [3.8, 4) is 0 Å². The average Bonchev–Trinajstić information content (AvgIpc) is 3.27. The number of rotatable bonds is 6. The summed E-state index contributed by atoms with van der Waals surface area (Å²) in [6, 6.07) is 13.1. The maximum Gasteiger partial charge on any atom is 0.314 e. The lowest BCUT2D eigenvalue weighted by Crippen LogP contribution is -2.28. The van der Waals surface area contributed by atoms with E-state index in [0.717, 1.165) is 0 Å². The van der Waals surface area contributed by atoms with E-state index in [2.05, 4.69) is 0 Å².